The molecule has 2 aromatic rings. The van der Waals surface area contributed by atoms with Gasteiger partial charge in [0.05, 0.1) is 41.8 Å². The third-order valence-electron chi connectivity index (χ3n) is 7.74. The summed E-state index contributed by atoms with van der Waals surface area (Å²) in [7, 11) is 0. The number of hydrogen-bond acceptors (Lipinski definition) is 4. The fourth-order valence-corrected chi connectivity index (χ4v) is 5.18. The van der Waals surface area contributed by atoms with Crippen molar-refractivity contribution < 1.29 is 35.9 Å². The molecule has 2 aromatic carbocycles. The lowest BCUT2D eigenvalue weighted by Crippen LogP contribution is -2.57. The van der Waals surface area contributed by atoms with Gasteiger partial charge in [-0.2, -0.15) is 26.3 Å². The van der Waals surface area contributed by atoms with Crippen LogP contribution in [0.25, 0.3) is 0 Å². The summed E-state index contributed by atoms with van der Waals surface area (Å²) in [6.07, 6.45) is -6.63. The number of alkyl halides is 6. The van der Waals surface area contributed by atoms with Crippen molar-refractivity contribution >= 4 is 12.2 Å². The summed E-state index contributed by atoms with van der Waals surface area (Å²) in [4.78, 5) is 18.8. The van der Waals surface area contributed by atoms with Crippen LogP contribution < -0.4 is 5.32 Å². The first-order valence-electron chi connectivity index (χ1n) is 12.4. The van der Waals surface area contributed by atoms with E-state index in [1.807, 2.05) is 30.3 Å². The van der Waals surface area contributed by atoms with E-state index in [0.717, 1.165) is 18.4 Å². The van der Waals surface area contributed by atoms with Gasteiger partial charge in [-0.05, 0) is 61.9 Å². The van der Waals surface area contributed by atoms with E-state index in [1.165, 1.54) is 6.92 Å². The number of amides is 1. The number of carbonyl (C=O) groups is 1. The summed E-state index contributed by atoms with van der Waals surface area (Å²) in [5.41, 5.74) is -3.40. The van der Waals surface area contributed by atoms with Gasteiger partial charge in [0.25, 0.3) is 5.91 Å². The fraction of sp³-hybridized carbons (Fsp3) is 0.481. The molecule has 3 aliphatic rings. The van der Waals surface area contributed by atoms with Crippen LogP contribution in [0.15, 0.2) is 53.5 Å². The lowest BCUT2D eigenvalue weighted by Gasteiger charge is -2.44. The van der Waals surface area contributed by atoms with Crippen molar-refractivity contribution in [3.05, 3.63) is 70.8 Å². The number of ether oxygens (including phenoxy) is 1. The summed E-state index contributed by atoms with van der Waals surface area (Å²) in [6.45, 7) is 1.88. The molecule has 204 valence electrons. The zero-order chi connectivity index (χ0) is 27.3. The molecule has 3 atom stereocenters. The molecular formula is C27H27F6N3O2. The average molecular weight is 540 g/mol. The van der Waals surface area contributed by atoms with E-state index in [9.17, 15) is 31.1 Å². The quantitative estimate of drug-likeness (QED) is 0.469. The molecule has 1 aliphatic carbocycles. The molecule has 1 spiro atoms. The minimum absolute atomic E-state index is 0.00592. The van der Waals surface area contributed by atoms with Gasteiger partial charge in [-0.3, -0.25) is 14.7 Å². The van der Waals surface area contributed by atoms with Gasteiger partial charge in [0.15, 0.2) is 0 Å². The number of piperidine rings is 1. The third-order valence-corrected chi connectivity index (χ3v) is 7.74. The third kappa shape index (κ3) is 5.05. The number of hydrogen-bond donors (Lipinski definition) is 1. The molecule has 2 heterocycles. The maximum absolute atomic E-state index is 13.3. The predicted molar refractivity (Wildman–Crippen MR) is 127 cm³/mol. The fourth-order valence-electron chi connectivity index (χ4n) is 5.18. The predicted octanol–water partition coefficient (Wildman–Crippen LogP) is 5.85. The molecule has 2 aliphatic heterocycles. The van der Waals surface area contributed by atoms with E-state index in [0.29, 0.717) is 31.5 Å². The van der Waals surface area contributed by atoms with Crippen molar-refractivity contribution in [1.29, 1.82) is 0 Å². The molecule has 5 rings (SSSR count). The number of aliphatic imine (C=N–C) groups is 1. The topological polar surface area (TPSA) is 53.9 Å². The normalized spacial score (nSPS) is 25.7. The standard InChI is InChI=1S/C27H27F6N3O2/c1-17(18-11-20(26(28,29)30)13-21(12-18)27(31,32)33)38-15-25(19-5-3-2-4-6-19)8-7-22(14-34-25)36-16-35-24(9-10-24)23(36)37/h2-6,11-13,16-17,22,34H,7-10,14-15H2,1H3/t17?,22?,25-/m1/s1. The summed E-state index contributed by atoms with van der Waals surface area (Å²) in [5, 5.41) is 3.48. The van der Waals surface area contributed by atoms with Crippen LogP contribution in [0.4, 0.5) is 26.3 Å². The van der Waals surface area contributed by atoms with Gasteiger partial charge >= 0.3 is 12.4 Å². The summed E-state index contributed by atoms with van der Waals surface area (Å²) in [6, 6.07) is 10.7. The lowest BCUT2D eigenvalue weighted by molar-refractivity contribution is -0.143. The van der Waals surface area contributed by atoms with E-state index >= 15 is 0 Å². The molecule has 2 fully saturated rings. The van der Waals surface area contributed by atoms with E-state index in [2.05, 4.69) is 10.3 Å². The number of carbonyl (C=O) groups excluding carboxylic acids is 1. The molecule has 5 nitrogen and oxygen atoms in total. The second-order valence-corrected chi connectivity index (χ2v) is 10.3. The molecule has 1 N–H and O–H groups in total. The first-order valence-corrected chi connectivity index (χ1v) is 12.4. The number of rotatable bonds is 6. The average Bonchev–Trinajstić information content (AvgIpc) is 3.61. The Bertz CT molecular complexity index is 1180. The number of benzene rings is 2. The van der Waals surface area contributed by atoms with Crippen LogP contribution in [-0.4, -0.2) is 41.9 Å². The first-order chi connectivity index (χ1) is 17.8. The second kappa shape index (κ2) is 9.37. The zero-order valence-electron chi connectivity index (χ0n) is 20.6. The Balaban J connectivity index is 1.35. The van der Waals surface area contributed by atoms with Crippen molar-refractivity contribution in [2.45, 2.75) is 68.2 Å². The highest BCUT2D eigenvalue weighted by Crippen LogP contribution is 2.45. The van der Waals surface area contributed by atoms with Gasteiger partial charge in [-0.1, -0.05) is 30.3 Å². The van der Waals surface area contributed by atoms with Crippen LogP contribution in [0.3, 0.4) is 0 Å². The van der Waals surface area contributed by atoms with Crippen LogP contribution in [0.2, 0.25) is 0 Å². The zero-order valence-corrected chi connectivity index (χ0v) is 20.6. The van der Waals surface area contributed by atoms with E-state index in [1.54, 1.807) is 11.2 Å². The Morgan fingerprint density at radius 2 is 1.66 bits per heavy atom. The highest BCUT2D eigenvalue weighted by Gasteiger charge is 2.56. The van der Waals surface area contributed by atoms with Gasteiger partial charge in [0.1, 0.15) is 5.54 Å². The number of nitrogens with zero attached hydrogens (tertiary/aromatic N) is 2. The summed E-state index contributed by atoms with van der Waals surface area (Å²) < 4.78 is 86.1. The van der Waals surface area contributed by atoms with Crippen LogP contribution in [-0.2, 0) is 27.4 Å². The monoisotopic (exact) mass is 539 g/mol. The summed E-state index contributed by atoms with van der Waals surface area (Å²) in [5.74, 6) is 0.00592. The smallest absolute Gasteiger partial charge is 0.372 e. The highest BCUT2D eigenvalue weighted by atomic mass is 19.4. The SMILES string of the molecule is CC(OC[C@@]1(c2ccccc2)CCC(N2C=NC3(CC3)C2=O)CN1)c1cc(C(F)(F)F)cc(C(F)(F)F)c1. The van der Waals surface area contributed by atoms with Crippen LogP contribution in [0.1, 0.15) is 61.0 Å². The molecule has 11 heteroatoms. The van der Waals surface area contributed by atoms with E-state index < -0.39 is 40.7 Å². The van der Waals surface area contributed by atoms with Gasteiger partial charge in [-0.15, -0.1) is 0 Å². The minimum atomic E-state index is -4.93. The van der Waals surface area contributed by atoms with Crippen molar-refractivity contribution in [3.8, 4) is 0 Å². The molecule has 2 unspecified atom stereocenters. The van der Waals surface area contributed by atoms with Crippen molar-refractivity contribution in [2.75, 3.05) is 13.2 Å². The van der Waals surface area contributed by atoms with Crippen molar-refractivity contribution in [1.82, 2.24) is 10.2 Å². The molecular weight excluding hydrogens is 512 g/mol. The van der Waals surface area contributed by atoms with Crippen molar-refractivity contribution in [2.24, 2.45) is 4.99 Å². The Labute approximate surface area is 215 Å². The first kappa shape index (κ1) is 26.7. The molecule has 38 heavy (non-hydrogen) atoms. The lowest BCUT2D eigenvalue weighted by atomic mass is 9.81. The molecule has 1 saturated carbocycles. The molecule has 1 amide bonds. The molecule has 0 radical (unpaired) electrons. The van der Waals surface area contributed by atoms with Crippen LogP contribution in [0.5, 0.6) is 0 Å². The van der Waals surface area contributed by atoms with Gasteiger partial charge in [-0.25, -0.2) is 0 Å². The maximum Gasteiger partial charge on any atom is 0.416 e. The maximum atomic E-state index is 13.3. The minimum Gasteiger partial charge on any atom is -0.372 e. The van der Waals surface area contributed by atoms with Crippen LogP contribution >= 0.6 is 0 Å². The number of halogens is 6. The molecule has 0 bridgehead atoms. The largest absolute Gasteiger partial charge is 0.416 e. The number of nitrogens with one attached hydrogen (secondary N) is 1. The Morgan fingerprint density at radius 3 is 2.16 bits per heavy atom. The Kier molecular flexibility index (Phi) is 6.58. The van der Waals surface area contributed by atoms with E-state index in [-0.39, 0.29) is 30.2 Å². The molecule has 1 saturated heterocycles. The second-order valence-electron chi connectivity index (χ2n) is 10.3. The Hall–Kier alpha value is -2.92. The van der Waals surface area contributed by atoms with E-state index in [4.69, 9.17) is 4.74 Å². The Morgan fingerprint density at radius 1 is 1.03 bits per heavy atom. The van der Waals surface area contributed by atoms with Gasteiger partial charge in [0, 0.05) is 6.54 Å². The van der Waals surface area contributed by atoms with Crippen molar-refractivity contribution in [3.63, 3.8) is 0 Å². The van der Waals surface area contributed by atoms with Crippen LogP contribution in [0, 0.1) is 0 Å². The summed E-state index contributed by atoms with van der Waals surface area (Å²) >= 11 is 0. The molecule has 0 aromatic heterocycles. The highest BCUT2D eigenvalue weighted by molar-refractivity contribution is 6.02. The van der Waals surface area contributed by atoms with Gasteiger partial charge in [0.2, 0.25) is 0 Å². The van der Waals surface area contributed by atoms with Gasteiger partial charge < -0.3 is 10.1 Å².